The summed E-state index contributed by atoms with van der Waals surface area (Å²) in [6.45, 7) is 4.83. The van der Waals surface area contributed by atoms with Gasteiger partial charge in [-0.25, -0.2) is 23.1 Å². The number of sulfone groups is 1. The molecular weight excluding hydrogens is 266 g/mol. The van der Waals surface area contributed by atoms with E-state index in [1.54, 1.807) is 17.8 Å². The Morgan fingerprint density at radius 1 is 1.37 bits per heavy atom. The Labute approximate surface area is 112 Å². The first-order chi connectivity index (χ1) is 8.90. The van der Waals surface area contributed by atoms with Crippen LogP contribution in [0.2, 0.25) is 0 Å². The third-order valence-corrected chi connectivity index (χ3v) is 3.55. The van der Waals surface area contributed by atoms with E-state index in [1.807, 2.05) is 6.92 Å². The molecule has 0 aromatic carbocycles. The molecular formula is C11H17N5O2S. The number of nitrogens with zero attached hydrogens (tertiary/aromatic N) is 4. The number of anilines is 1. The van der Waals surface area contributed by atoms with E-state index in [2.05, 4.69) is 20.4 Å². The van der Waals surface area contributed by atoms with Crippen LogP contribution in [-0.2, 0) is 16.4 Å². The monoisotopic (exact) mass is 283 g/mol. The molecule has 0 saturated carbocycles. The fourth-order valence-corrected chi connectivity index (χ4v) is 2.29. The van der Waals surface area contributed by atoms with Crippen molar-refractivity contribution in [3.8, 4) is 0 Å². The normalized spacial score (nSPS) is 11.9. The predicted octanol–water partition coefficient (Wildman–Crippen LogP) is 0.611. The molecule has 0 aliphatic heterocycles. The third kappa shape index (κ3) is 3.19. The quantitative estimate of drug-likeness (QED) is 0.864. The van der Waals surface area contributed by atoms with E-state index < -0.39 is 9.84 Å². The number of aryl methyl sites for hydroxylation is 2. The van der Waals surface area contributed by atoms with Gasteiger partial charge in [-0.05, 0) is 13.8 Å². The Kier molecular flexibility index (Phi) is 3.70. The highest BCUT2D eigenvalue weighted by molar-refractivity contribution is 7.90. The minimum Gasteiger partial charge on any atom is -0.370 e. The van der Waals surface area contributed by atoms with E-state index in [0.717, 1.165) is 17.7 Å². The molecule has 0 amide bonds. The summed E-state index contributed by atoms with van der Waals surface area (Å²) < 4.78 is 24.0. The van der Waals surface area contributed by atoms with E-state index in [4.69, 9.17) is 0 Å². The molecule has 0 fully saturated rings. The van der Waals surface area contributed by atoms with Crippen molar-refractivity contribution in [3.05, 3.63) is 12.0 Å². The van der Waals surface area contributed by atoms with E-state index in [9.17, 15) is 8.42 Å². The maximum Gasteiger partial charge on any atom is 0.163 e. The van der Waals surface area contributed by atoms with E-state index >= 15 is 0 Å². The first kappa shape index (κ1) is 13.7. The molecule has 2 aromatic rings. The molecule has 2 rings (SSSR count). The summed E-state index contributed by atoms with van der Waals surface area (Å²) in [6, 6.07) is 0. The Morgan fingerprint density at radius 3 is 2.74 bits per heavy atom. The zero-order chi connectivity index (χ0) is 14.0. The second kappa shape index (κ2) is 5.12. The Bertz CT molecular complexity index is 692. The van der Waals surface area contributed by atoms with Crippen LogP contribution in [0, 0.1) is 6.92 Å². The average molecular weight is 283 g/mol. The van der Waals surface area contributed by atoms with Gasteiger partial charge in [0.2, 0.25) is 0 Å². The van der Waals surface area contributed by atoms with Gasteiger partial charge in [0.05, 0.1) is 23.9 Å². The molecule has 1 N–H and O–H groups in total. The van der Waals surface area contributed by atoms with Crippen molar-refractivity contribution in [3.63, 3.8) is 0 Å². The molecule has 7 nitrogen and oxygen atoms in total. The summed E-state index contributed by atoms with van der Waals surface area (Å²) in [6.07, 6.45) is 2.87. The summed E-state index contributed by atoms with van der Waals surface area (Å²) in [5.74, 6) is 1.41. The number of nitrogens with one attached hydrogen (secondary N) is 1. The molecule has 0 radical (unpaired) electrons. The van der Waals surface area contributed by atoms with Crippen LogP contribution in [0.3, 0.4) is 0 Å². The number of fused-ring (bicyclic) bond motifs is 1. The fourth-order valence-electron chi connectivity index (χ4n) is 1.78. The van der Waals surface area contributed by atoms with Crippen LogP contribution in [-0.4, -0.2) is 46.7 Å². The van der Waals surface area contributed by atoms with Gasteiger partial charge >= 0.3 is 0 Å². The lowest BCUT2D eigenvalue weighted by atomic mass is 10.4. The zero-order valence-corrected chi connectivity index (χ0v) is 12.0. The van der Waals surface area contributed by atoms with Crippen molar-refractivity contribution in [2.75, 3.05) is 23.9 Å². The first-order valence-corrected chi connectivity index (χ1v) is 8.08. The first-order valence-electron chi connectivity index (χ1n) is 6.02. The molecule has 0 saturated heterocycles. The number of hydrogen-bond acceptors (Lipinski definition) is 6. The van der Waals surface area contributed by atoms with Crippen molar-refractivity contribution in [2.45, 2.75) is 20.4 Å². The van der Waals surface area contributed by atoms with Gasteiger partial charge in [-0.3, -0.25) is 0 Å². The van der Waals surface area contributed by atoms with E-state index in [0.29, 0.717) is 18.0 Å². The van der Waals surface area contributed by atoms with E-state index in [1.165, 1.54) is 6.26 Å². The molecule has 0 aliphatic carbocycles. The number of hydrogen-bond donors (Lipinski definition) is 1. The van der Waals surface area contributed by atoms with Crippen molar-refractivity contribution >= 4 is 26.7 Å². The van der Waals surface area contributed by atoms with Gasteiger partial charge in [0, 0.05) is 12.8 Å². The molecule has 19 heavy (non-hydrogen) atoms. The SMILES string of the molecule is CCNc1nc(C)nc2c1cnn2CCS(C)(=O)=O. The highest BCUT2D eigenvalue weighted by atomic mass is 32.2. The minimum absolute atomic E-state index is 0.0450. The van der Waals surface area contributed by atoms with Gasteiger partial charge in [0.25, 0.3) is 0 Å². The highest BCUT2D eigenvalue weighted by Crippen LogP contribution is 2.19. The van der Waals surface area contributed by atoms with Crippen LogP contribution in [0.5, 0.6) is 0 Å². The standard InChI is InChI=1S/C11H17N5O2S/c1-4-12-10-9-7-13-16(5-6-19(3,17)18)11(9)15-8(2)14-10/h7H,4-6H2,1-3H3,(H,12,14,15). The Balaban J connectivity index is 2.42. The third-order valence-electron chi connectivity index (χ3n) is 2.63. The highest BCUT2D eigenvalue weighted by Gasteiger charge is 2.12. The van der Waals surface area contributed by atoms with Gasteiger partial charge in [-0.15, -0.1) is 0 Å². The molecule has 0 atom stereocenters. The smallest absolute Gasteiger partial charge is 0.163 e. The predicted molar refractivity (Wildman–Crippen MR) is 73.9 cm³/mol. The summed E-state index contributed by atoms with van der Waals surface area (Å²) >= 11 is 0. The fraction of sp³-hybridized carbons (Fsp3) is 0.545. The van der Waals surface area contributed by atoms with Gasteiger partial charge < -0.3 is 5.32 Å². The van der Waals surface area contributed by atoms with Crippen LogP contribution in [0.4, 0.5) is 5.82 Å². The summed E-state index contributed by atoms with van der Waals surface area (Å²) in [5.41, 5.74) is 0.659. The Hall–Kier alpha value is -1.70. The van der Waals surface area contributed by atoms with Crippen LogP contribution in [0.25, 0.3) is 11.0 Å². The molecule has 2 aromatic heterocycles. The van der Waals surface area contributed by atoms with Crippen LogP contribution < -0.4 is 5.32 Å². The topological polar surface area (TPSA) is 89.8 Å². The maximum absolute atomic E-state index is 11.2. The molecule has 104 valence electrons. The molecule has 0 unspecified atom stereocenters. The molecule has 0 spiro atoms. The summed E-state index contributed by atoms with van der Waals surface area (Å²) in [7, 11) is -3.02. The van der Waals surface area contributed by atoms with Crippen LogP contribution in [0.15, 0.2) is 6.20 Å². The lowest BCUT2D eigenvalue weighted by Gasteiger charge is -2.06. The molecule has 2 heterocycles. The lowest BCUT2D eigenvalue weighted by molar-refractivity contribution is 0.588. The second-order valence-corrected chi connectivity index (χ2v) is 6.64. The van der Waals surface area contributed by atoms with E-state index in [-0.39, 0.29) is 5.75 Å². The molecule has 0 aliphatic rings. The number of rotatable bonds is 5. The van der Waals surface area contributed by atoms with Gasteiger partial charge in [-0.1, -0.05) is 0 Å². The van der Waals surface area contributed by atoms with Crippen LogP contribution in [0.1, 0.15) is 12.7 Å². The van der Waals surface area contributed by atoms with Gasteiger partial charge in [0.15, 0.2) is 5.65 Å². The van der Waals surface area contributed by atoms with Crippen molar-refractivity contribution in [1.29, 1.82) is 0 Å². The summed E-state index contributed by atoms with van der Waals surface area (Å²) in [4.78, 5) is 8.65. The lowest BCUT2D eigenvalue weighted by Crippen LogP contribution is -2.13. The summed E-state index contributed by atoms with van der Waals surface area (Å²) in [5, 5.41) is 8.15. The van der Waals surface area contributed by atoms with Crippen molar-refractivity contribution in [2.24, 2.45) is 0 Å². The second-order valence-electron chi connectivity index (χ2n) is 4.38. The van der Waals surface area contributed by atoms with Crippen molar-refractivity contribution in [1.82, 2.24) is 19.7 Å². The molecule has 8 heteroatoms. The van der Waals surface area contributed by atoms with Gasteiger partial charge in [-0.2, -0.15) is 5.10 Å². The minimum atomic E-state index is -3.02. The maximum atomic E-state index is 11.2. The average Bonchev–Trinajstić information content (AvgIpc) is 2.69. The Morgan fingerprint density at radius 2 is 2.11 bits per heavy atom. The largest absolute Gasteiger partial charge is 0.370 e. The zero-order valence-electron chi connectivity index (χ0n) is 11.2. The molecule has 0 bridgehead atoms. The van der Waals surface area contributed by atoms with Gasteiger partial charge in [0.1, 0.15) is 21.5 Å². The number of aromatic nitrogens is 4. The van der Waals surface area contributed by atoms with Crippen LogP contribution >= 0.6 is 0 Å². The van der Waals surface area contributed by atoms with Crippen molar-refractivity contribution < 1.29 is 8.42 Å².